The van der Waals surface area contributed by atoms with Gasteiger partial charge >= 0.3 is 6.03 Å². The number of hydrogen-bond donors (Lipinski definition) is 2. The molecule has 3 heteroatoms. The molecule has 0 aliphatic carbocycles. The lowest BCUT2D eigenvalue weighted by molar-refractivity contribution is 0.240. The van der Waals surface area contributed by atoms with E-state index in [-0.39, 0.29) is 11.6 Å². The highest BCUT2D eigenvalue weighted by Crippen LogP contribution is 2.09. The van der Waals surface area contributed by atoms with Crippen LogP contribution in [-0.4, -0.2) is 11.6 Å². The monoisotopic (exact) mass is 296 g/mol. The summed E-state index contributed by atoms with van der Waals surface area (Å²) in [6.45, 7) is 18.0. The number of amides is 2. The number of carbonyl (C=O) groups is 1. The van der Waals surface area contributed by atoms with E-state index in [1.807, 2.05) is 92.6 Å². The molecule has 0 aliphatic heterocycles. The van der Waals surface area contributed by atoms with E-state index in [0.717, 1.165) is 12.1 Å². The Kier molecular flexibility index (Phi) is 19.3. The second-order valence-electron chi connectivity index (χ2n) is 4.18. The van der Waals surface area contributed by atoms with Crippen molar-refractivity contribution >= 4 is 11.7 Å². The molecule has 0 radical (unpaired) electrons. The molecule has 0 bridgehead atoms. The summed E-state index contributed by atoms with van der Waals surface area (Å²) in [5, 5.41) is 5.69. The molecule has 1 rings (SSSR count). The fourth-order valence-corrected chi connectivity index (χ4v) is 1.08. The second kappa shape index (κ2) is 16.5. The van der Waals surface area contributed by atoms with E-state index < -0.39 is 0 Å². The molecule has 21 heavy (non-hydrogen) atoms. The van der Waals surface area contributed by atoms with E-state index in [9.17, 15) is 4.79 Å². The van der Waals surface area contributed by atoms with Crippen molar-refractivity contribution in [3.05, 3.63) is 30.3 Å². The summed E-state index contributed by atoms with van der Waals surface area (Å²) in [7, 11) is 0. The average Bonchev–Trinajstić information content (AvgIpc) is 2.53. The van der Waals surface area contributed by atoms with Crippen LogP contribution in [0.4, 0.5) is 10.5 Å². The van der Waals surface area contributed by atoms with Crippen molar-refractivity contribution < 1.29 is 4.79 Å². The normalized spacial score (nSPS) is 8.62. The zero-order valence-corrected chi connectivity index (χ0v) is 15.5. The van der Waals surface area contributed by atoms with Crippen LogP contribution < -0.4 is 10.6 Å². The van der Waals surface area contributed by atoms with Crippen LogP contribution in [0.1, 0.15) is 68.7 Å². The lowest BCUT2D eigenvalue weighted by Crippen LogP contribution is -2.44. The molecule has 2 N–H and O–H groups in total. The molecule has 0 saturated carbocycles. The average molecular weight is 296 g/mol. The van der Waals surface area contributed by atoms with Gasteiger partial charge in [-0.05, 0) is 32.4 Å². The van der Waals surface area contributed by atoms with Crippen molar-refractivity contribution in [1.82, 2.24) is 5.32 Å². The van der Waals surface area contributed by atoms with Gasteiger partial charge in [0, 0.05) is 11.2 Å². The van der Waals surface area contributed by atoms with Gasteiger partial charge in [0.1, 0.15) is 0 Å². The number of rotatable bonds is 3. The van der Waals surface area contributed by atoms with Gasteiger partial charge in [-0.2, -0.15) is 0 Å². The minimum absolute atomic E-state index is 0.159. The summed E-state index contributed by atoms with van der Waals surface area (Å²) in [6, 6.07) is 9.25. The fourth-order valence-electron chi connectivity index (χ4n) is 1.08. The molecule has 0 saturated heterocycles. The Balaban J connectivity index is -0.000000478. The smallest absolute Gasteiger partial charge is 0.319 e. The zero-order chi connectivity index (χ0) is 17.3. The minimum Gasteiger partial charge on any atom is -0.333 e. The molecule has 0 unspecified atom stereocenters. The van der Waals surface area contributed by atoms with Gasteiger partial charge in [-0.15, -0.1) is 0 Å². The van der Waals surface area contributed by atoms with Gasteiger partial charge in [0.2, 0.25) is 0 Å². The standard InChI is InChI=1S/C12H18N2O.3C2H6/c1-4-12(2,3)14-11(15)13-10-8-6-5-7-9-10;3*1-2/h5-9H,4H2,1-3H3,(H2,13,14,15);3*1-2H3. The van der Waals surface area contributed by atoms with Crippen LogP contribution in [-0.2, 0) is 0 Å². The maximum atomic E-state index is 11.6. The van der Waals surface area contributed by atoms with E-state index in [1.54, 1.807) is 0 Å². The largest absolute Gasteiger partial charge is 0.333 e. The molecule has 1 aromatic carbocycles. The van der Waals surface area contributed by atoms with E-state index in [0.29, 0.717) is 0 Å². The van der Waals surface area contributed by atoms with Crippen molar-refractivity contribution in [1.29, 1.82) is 0 Å². The van der Waals surface area contributed by atoms with E-state index in [4.69, 9.17) is 0 Å². The molecule has 0 spiro atoms. The number of carbonyl (C=O) groups excluding carboxylic acids is 1. The Morgan fingerprint density at radius 2 is 1.38 bits per heavy atom. The first kappa shape index (κ1) is 24.5. The van der Waals surface area contributed by atoms with Crippen molar-refractivity contribution in [2.75, 3.05) is 5.32 Å². The third kappa shape index (κ3) is 14.7. The molecule has 0 fully saturated rings. The van der Waals surface area contributed by atoms with Gasteiger partial charge in [0.15, 0.2) is 0 Å². The summed E-state index contributed by atoms with van der Waals surface area (Å²) < 4.78 is 0. The summed E-state index contributed by atoms with van der Waals surface area (Å²) in [4.78, 5) is 11.6. The van der Waals surface area contributed by atoms with Gasteiger partial charge in [0.25, 0.3) is 0 Å². The number of hydrogen-bond acceptors (Lipinski definition) is 1. The summed E-state index contributed by atoms with van der Waals surface area (Å²) in [5.74, 6) is 0. The Morgan fingerprint density at radius 3 is 1.76 bits per heavy atom. The van der Waals surface area contributed by atoms with Crippen LogP contribution in [0.5, 0.6) is 0 Å². The van der Waals surface area contributed by atoms with Crippen LogP contribution in [0.3, 0.4) is 0 Å². The maximum absolute atomic E-state index is 11.6. The topological polar surface area (TPSA) is 41.1 Å². The summed E-state index contributed by atoms with van der Waals surface area (Å²) in [6.07, 6.45) is 0.898. The Bertz CT molecular complexity index is 321. The highest BCUT2D eigenvalue weighted by molar-refractivity contribution is 5.89. The highest BCUT2D eigenvalue weighted by Gasteiger charge is 2.17. The molecular weight excluding hydrogens is 260 g/mol. The van der Waals surface area contributed by atoms with Crippen molar-refractivity contribution in [3.63, 3.8) is 0 Å². The highest BCUT2D eigenvalue weighted by atomic mass is 16.2. The van der Waals surface area contributed by atoms with Crippen molar-refractivity contribution in [3.8, 4) is 0 Å². The number of anilines is 1. The van der Waals surface area contributed by atoms with E-state index >= 15 is 0 Å². The molecule has 0 aromatic heterocycles. The SMILES string of the molecule is CC.CC.CC.CCC(C)(C)NC(=O)Nc1ccccc1. The van der Waals surface area contributed by atoms with Crippen LogP contribution in [0.2, 0.25) is 0 Å². The van der Waals surface area contributed by atoms with Crippen LogP contribution in [0.25, 0.3) is 0 Å². The Morgan fingerprint density at radius 1 is 0.952 bits per heavy atom. The van der Waals surface area contributed by atoms with Gasteiger partial charge in [-0.25, -0.2) is 4.79 Å². The summed E-state index contributed by atoms with van der Waals surface area (Å²) in [5.41, 5.74) is 0.640. The molecule has 0 atom stereocenters. The van der Waals surface area contributed by atoms with Gasteiger partial charge in [-0.3, -0.25) is 0 Å². The Labute approximate surface area is 132 Å². The first-order valence-electron chi connectivity index (χ1n) is 8.18. The molecule has 0 heterocycles. The minimum atomic E-state index is -0.168. The molecule has 3 nitrogen and oxygen atoms in total. The quantitative estimate of drug-likeness (QED) is 0.697. The predicted molar refractivity (Wildman–Crippen MR) is 97.0 cm³/mol. The number of urea groups is 1. The third-order valence-electron chi connectivity index (χ3n) is 2.37. The number of nitrogens with one attached hydrogen (secondary N) is 2. The second-order valence-corrected chi connectivity index (χ2v) is 4.18. The predicted octanol–water partition coefficient (Wildman–Crippen LogP) is 6.08. The van der Waals surface area contributed by atoms with Crippen LogP contribution in [0, 0.1) is 0 Å². The molecule has 2 amide bonds. The number of benzene rings is 1. The lowest BCUT2D eigenvalue weighted by Gasteiger charge is -2.24. The zero-order valence-electron chi connectivity index (χ0n) is 15.5. The molecule has 1 aromatic rings. The first-order valence-corrected chi connectivity index (χ1v) is 8.18. The maximum Gasteiger partial charge on any atom is 0.319 e. The van der Waals surface area contributed by atoms with E-state index in [1.165, 1.54) is 0 Å². The molecule has 0 aliphatic rings. The van der Waals surface area contributed by atoms with E-state index in [2.05, 4.69) is 10.6 Å². The van der Waals surface area contributed by atoms with Gasteiger partial charge in [-0.1, -0.05) is 66.7 Å². The van der Waals surface area contributed by atoms with Gasteiger partial charge < -0.3 is 10.6 Å². The first-order chi connectivity index (χ1) is 10.0. The van der Waals surface area contributed by atoms with Crippen LogP contribution >= 0.6 is 0 Å². The Hall–Kier alpha value is -1.51. The van der Waals surface area contributed by atoms with Crippen LogP contribution in [0.15, 0.2) is 30.3 Å². The molecule has 124 valence electrons. The lowest BCUT2D eigenvalue weighted by atomic mass is 10.0. The molecular formula is C18H36N2O. The van der Waals surface area contributed by atoms with Crippen molar-refractivity contribution in [2.45, 2.75) is 74.3 Å². The van der Waals surface area contributed by atoms with Crippen molar-refractivity contribution in [2.24, 2.45) is 0 Å². The summed E-state index contributed by atoms with van der Waals surface area (Å²) >= 11 is 0. The third-order valence-corrected chi connectivity index (χ3v) is 2.37. The number of para-hydroxylation sites is 1. The fraction of sp³-hybridized carbons (Fsp3) is 0.611. The van der Waals surface area contributed by atoms with Gasteiger partial charge in [0.05, 0.1) is 0 Å².